The first-order valence-corrected chi connectivity index (χ1v) is 25.9. The van der Waals surface area contributed by atoms with Crippen LogP contribution in [0.4, 0.5) is 0 Å². The van der Waals surface area contributed by atoms with Crippen LogP contribution in [0.2, 0.25) is 0 Å². The first kappa shape index (κ1) is 51.2. The molecule has 0 unspecified atom stereocenters. The highest BCUT2D eigenvalue weighted by molar-refractivity contribution is 5.27. The number of hydrogen-bond donors (Lipinski definition) is 0. The maximum atomic E-state index is 2.42. The molecule has 1 aromatic carbocycles. The van der Waals surface area contributed by atoms with Gasteiger partial charge in [0, 0.05) is 0 Å². The van der Waals surface area contributed by atoms with Gasteiger partial charge in [0.25, 0.3) is 0 Å². The molecule has 0 heteroatoms. The van der Waals surface area contributed by atoms with Crippen LogP contribution in [0.3, 0.4) is 0 Å². The van der Waals surface area contributed by atoms with Crippen LogP contribution in [0, 0.1) is 0 Å². The third-order valence-electron chi connectivity index (χ3n) is 12.7. The van der Waals surface area contributed by atoms with Crippen LogP contribution in [-0.2, 0) is 12.8 Å². The lowest BCUT2D eigenvalue weighted by molar-refractivity contribution is 0.518. The summed E-state index contributed by atoms with van der Waals surface area (Å²) in [6.07, 6.45) is 67.0. The van der Waals surface area contributed by atoms with Crippen LogP contribution in [0.25, 0.3) is 0 Å². The SMILES string of the molecule is CCCCCCCCCCCCCCCCCCCCCCCCc1ccccc1CCCCCCCCCCCCCCCCCCCCCCCC. The zero-order valence-corrected chi connectivity index (χ0v) is 37.8. The second kappa shape index (κ2) is 44.9. The Morgan fingerprint density at radius 2 is 0.352 bits per heavy atom. The van der Waals surface area contributed by atoms with Crippen molar-refractivity contribution in [3.8, 4) is 0 Å². The third-order valence-corrected chi connectivity index (χ3v) is 12.7. The van der Waals surface area contributed by atoms with E-state index in [9.17, 15) is 0 Å². The van der Waals surface area contributed by atoms with Crippen molar-refractivity contribution in [3.05, 3.63) is 35.4 Å². The maximum Gasteiger partial charge on any atom is -0.0276 e. The van der Waals surface area contributed by atoms with Gasteiger partial charge in [0.1, 0.15) is 0 Å². The molecule has 0 bridgehead atoms. The first-order chi connectivity index (χ1) is 26.9. The van der Waals surface area contributed by atoms with Crippen LogP contribution < -0.4 is 0 Å². The molecule has 1 rings (SSSR count). The van der Waals surface area contributed by atoms with Crippen LogP contribution in [0.15, 0.2) is 24.3 Å². The van der Waals surface area contributed by atoms with Gasteiger partial charge in [-0.05, 0) is 36.8 Å². The Bertz CT molecular complexity index is 741. The first-order valence-electron chi connectivity index (χ1n) is 25.9. The monoisotopic (exact) mass is 751 g/mol. The van der Waals surface area contributed by atoms with Gasteiger partial charge < -0.3 is 0 Å². The summed E-state index contributed by atoms with van der Waals surface area (Å²) in [7, 11) is 0. The molecular weight excluding hydrogens is 649 g/mol. The summed E-state index contributed by atoms with van der Waals surface area (Å²) >= 11 is 0. The van der Waals surface area contributed by atoms with E-state index in [1.807, 2.05) is 0 Å². The summed E-state index contributed by atoms with van der Waals surface area (Å²) < 4.78 is 0. The number of benzene rings is 1. The number of unbranched alkanes of at least 4 members (excludes halogenated alkanes) is 42. The molecule has 318 valence electrons. The zero-order chi connectivity index (χ0) is 38.5. The minimum atomic E-state index is 1.30. The Labute approximate surface area is 343 Å². The smallest absolute Gasteiger partial charge is 0.0276 e. The average molecular weight is 751 g/mol. The number of rotatable bonds is 46. The molecule has 0 fully saturated rings. The van der Waals surface area contributed by atoms with Crippen molar-refractivity contribution in [1.29, 1.82) is 0 Å². The minimum absolute atomic E-state index is 1.30. The summed E-state index contributed by atoms with van der Waals surface area (Å²) in [6, 6.07) is 9.39. The van der Waals surface area contributed by atoms with E-state index in [0.717, 1.165) is 0 Å². The van der Waals surface area contributed by atoms with E-state index in [-0.39, 0.29) is 0 Å². The molecule has 0 saturated carbocycles. The van der Waals surface area contributed by atoms with Gasteiger partial charge in [-0.15, -0.1) is 0 Å². The minimum Gasteiger partial charge on any atom is -0.0654 e. The molecule has 0 aromatic heterocycles. The number of aryl methyl sites for hydroxylation is 2. The van der Waals surface area contributed by atoms with Gasteiger partial charge in [0.15, 0.2) is 0 Å². The van der Waals surface area contributed by atoms with Gasteiger partial charge in [-0.3, -0.25) is 0 Å². The van der Waals surface area contributed by atoms with Crippen molar-refractivity contribution in [3.63, 3.8) is 0 Å². The summed E-state index contributed by atoms with van der Waals surface area (Å²) in [5.74, 6) is 0. The van der Waals surface area contributed by atoms with Gasteiger partial charge >= 0.3 is 0 Å². The Balaban J connectivity index is 1.81. The van der Waals surface area contributed by atoms with Crippen molar-refractivity contribution in [2.24, 2.45) is 0 Å². The number of hydrogen-bond acceptors (Lipinski definition) is 0. The van der Waals surface area contributed by atoms with Gasteiger partial charge in [-0.25, -0.2) is 0 Å². The van der Waals surface area contributed by atoms with E-state index < -0.39 is 0 Å². The molecule has 0 N–H and O–H groups in total. The molecular formula is C54H102. The normalized spacial score (nSPS) is 11.6. The van der Waals surface area contributed by atoms with E-state index in [1.54, 1.807) is 11.1 Å². The Morgan fingerprint density at radius 1 is 0.204 bits per heavy atom. The molecule has 0 aliphatic rings. The molecule has 0 aliphatic carbocycles. The van der Waals surface area contributed by atoms with E-state index in [0.29, 0.717) is 0 Å². The van der Waals surface area contributed by atoms with Gasteiger partial charge in [-0.2, -0.15) is 0 Å². The predicted octanol–water partition coefficient (Wildman–Crippen LogP) is 20.0. The molecule has 0 atom stereocenters. The Hall–Kier alpha value is -0.780. The van der Waals surface area contributed by atoms with Crippen molar-refractivity contribution in [2.45, 2.75) is 309 Å². The lowest BCUT2D eigenvalue weighted by Gasteiger charge is -2.10. The van der Waals surface area contributed by atoms with E-state index in [4.69, 9.17) is 0 Å². The van der Waals surface area contributed by atoms with Crippen LogP contribution in [0.1, 0.15) is 307 Å². The highest BCUT2D eigenvalue weighted by Crippen LogP contribution is 2.20. The lowest BCUT2D eigenvalue weighted by Crippen LogP contribution is -1.95. The van der Waals surface area contributed by atoms with Gasteiger partial charge in [0.05, 0.1) is 0 Å². The van der Waals surface area contributed by atoms with E-state index in [1.165, 1.54) is 295 Å². The summed E-state index contributed by atoms with van der Waals surface area (Å²) in [4.78, 5) is 0. The highest BCUT2D eigenvalue weighted by atomic mass is 14.1. The van der Waals surface area contributed by atoms with Crippen LogP contribution in [0.5, 0.6) is 0 Å². The van der Waals surface area contributed by atoms with Gasteiger partial charge in [-0.1, -0.05) is 308 Å². The third kappa shape index (κ3) is 38.1. The zero-order valence-electron chi connectivity index (χ0n) is 37.8. The Kier molecular flexibility index (Phi) is 42.6. The molecule has 0 nitrogen and oxygen atoms in total. The van der Waals surface area contributed by atoms with Gasteiger partial charge in [0.2, 0.25) is 0 Å². The predicted molar refractivity (Wildman–Crippen MR) is 248 cm³/mol. The second-order valence-corrected chi connectivity index (χ2v) is 18.1. The molecule has 0 radical (unpaired) electrons. The van der Waals surface area contributed by atoms with Crippen molar-refractivity contribution >= 4 is 0 Å². The van der Waals surface area contributed by atoms with Crippen LogP contribution in [-0.4, -0.2) is 0 Å². The average Bonchev–Trinajstić information content (AvgIpc) is 3.19. The summed E-state index contributed by atoms with van der Waals surface area (Å²) in [5, 5.41) is 0. The second-order valence-electron chi connectivity index (χ2n) is 18.1. The van der Waals surface area contributed by atoms with Crippen molar-refractivity contribution < 1.29 is 0 Å². The summed E-state index contributed by atoms with van der Waals surface area (Å²) in [6.45, 7) is 4.62. The van der Waals surface area contributed by atoms with Crippen molar-refractivity contribution in [1.82, 2.24) is 0 Å². The molecule has 54 heavy (non-hydrogen) atoms. The summed E-state index contributed by atoms with van der Waals surface area (Å²) in [5.41, 5.74) is 3.29. The Morgan fingerprint density at radius 3 is 0.519 bits per heavy atom. The fraction of sp³-hybridized carbons (Fsp3) is 0.889. The molecule has 0 spiro atoms. The quantitative estimate of drug-likeness (QED) is 0.0582. The maximum absolute atomic E-state index is 2.42. The van der Waals surface area contributed by atoms with Crippen LogP contribution >= 0.6 is 0 Å². The molecule has 1 aromatic rings. The molecule has 0 aliphatic heterocycles. The largest absolute Gasteiger partial charge is 0.0654 e. The van der Waals surface area contributed by atoms with Crippen molar-refractivity contribution in [2.75, 3.05) is 0 Å². The highest BCUT2D eigenvalue weighted by Gasteiger charge is 2.03. The lowest BCUT2D eigenvalue weighted by atomic mass is 9.96. The van der Waals surface area contributed by atoms with E-state index in [2.05, 4.69) is 38.1 Å². The molecule has 0 heterocycles. The molecule has 0 amide bonds. The topological polar surface area (TPSA) is 0 Å². The molecule has 0 saturated heterocycles. The fourth-order valence-electron chi connectivity index (χ4n) is 8.89. The fourth-order valence-corrected chi connectivity index (χ4v) is 8.89. The van der Waals surface area contributed by atoms with E-state index >= 15 is 0 Å². The standard InChI is InChI=1S/C54H102/c1-3-5-7-9-11-13-15-17-19-21-23-25-27-29-31-33-35-37-39-41-43-45-49-53-51-47-48-52-54(53)50-46-44-42-40-38-36-34-32-30-28-26-24-22-20-18-16-14-12-10-8-6-4-2/h47-48,51-52H,3-46,49-50H2,1-2H3.